The normalized spacial score (nSPS) is 26.4. The van der Waals surface area contributed by atoms with Crippen LogP contribution in [0.15, 0.2) is 12.1 Å². The molecule has 0 amide bonds. The first kappa shape index (κ1) is 14.1. The molecule has 104 valence electrons. The van der Waals surface area contributed by atoms with Crippen molar-refractivity contribution in [3.8, 4) is 0 Å². The SMILES string of the molecule is CCC1CCC(Nc2nc(Cl)ccc2C(=O)O)C1C. The zero-order valence-electron chi connectivity index (χ0n) is 11.2. The molecule has 1 aliphatic carbocycles. The maximum absolute atomic E-state index is 11.2. The summed E-state index contributed by atoms with van der Waals surface area (Å²) in [5.74, 6) is 0.621. The molecule has 3 atom stereocenters. The van der Waals surface area contributed by atoms with Crippen LogP contribution in [0.1, 0.15) is 43.5 Å². The van der Waals surface area contributed by atoms with Crippen molar-refractivity contribution in [3.05, 3.63) is 22.8 Å². The minimum absolute atomic E-state index is 0.177. The predicted molar refractivity (Wildman–Crippen MR) is 75.8 cm³/mol. The van der Waals surface area contributed by atoms with Gasteiger partial charge in [-0.3, -0.25) is 0 Å². The Kier molecular flexibility index (Phi) is 4.30. The highest BCUT2D eigenvalue weighted by atomic mass is 35.5. The first-order valence-electron chi connectivity index (χ1n) is 6.69. The Morgan fingerprint density at radius 3 is 2.84 bits per heavy atom. The van der Waals surface area contributed by atoms with Gasteiger partial charge in [-0.05, 0) is 36.8 Å². The van der Waals surface area contributed by atoms with E-state index >= 15 is 0 Å². The van der Waals surface area contributed by atoms with E-state index in [4.69, 9.17) is 11.6 Å². The van der Waals surface area contributed by atoms with Gasteiger partial charge in [0, 0.05) is 6.04 Å². The van der Waals surface area contributed by atoms with E-state index in [2.05, 4.69) is 24.1 Å². The van der Waals surface area contributed by atoms with E-state index < -0.39 is 5.97 Å². The molecule has 0 aromatic carbocycles. The quantitative estimate of drug-likeness (QED) is 0.827. The largest absolute Gasteiger partial charge is 0.478 e. The molecule has 3 unspecified atom stereocenters. The minimum atomic E-state index is -0.982. The predicted octanol–water partition coefficient (Wildman–Crippen LogP) is 3.67. The standard InChI is InChI=1S/C14H19ClN2O2/c1-3-9-4-6-11(8(9)2)16-13-10(14(18)19)5-7-12(15)17-13/h5,7-9,11H,3-4,6H2,1-2H3,(H,16,17)(H,18,19). The Morgan fingerprint density at radius 2 is 2.26 bits per heavy atom. The molecule has 1 aromatic heterocycles. The lowest BCUT2D eigenvalue weighted by Crippen LogP contribution is -2.26. The van der Waals surface area contributed by atoms with Crippen molar-refractivity contribution in [1.82, 2.24) is 4.98 Å². The van der Waals surface area contributed by atoms with Gasteiger partial charge in [-0.15, -0.1) is 0 Å². The van der Waals surface area contributed by atoms with Crippen LogP contribution in [-0.2, 0) is 0 Å². The molecule has 1 aromatic rings. The lowest BCUT2D eigenvalue weighted by atomic mass is 9.93. The molecule has 2 rings (SSSR count). The zero-order chi connectivity index (χ0) is 14.0. The smallest absolute Gasteiger partial charge is 0.339 e. The Morgan fingerprint density at radius 1 is 1.53 bits per heavy atom. The average molecular weight is 283 g/mol. The van der Waals surface area contributed by atoms with Gasteiger partial charge in [-0.25, -0.2) is 9.78 Å². The number of nitrogens with zero attached hydrogens (tertiary/aromatic N) is 1. The van der Waals surface area contributed by atoms with Crippen LogP contribution in [0.2, 0.25) is 5.15 Å². The molecular formula is C14H19ClN2O2. The third-order valence-corrected chi connectivity index (χ3v) is 4.38. The number of halogens is 1. The third kappa shape index (κ3) is 3.00. The summed E-state index contributed by atoms with van der Waals surface area (Å²) in [5.41, 5.74) is 0.177. The molecule has 1 heterocycles. The number of carboxylic acids is 1. The molecule has 2 N–H and O–H groups in total. The highest BCUT2D eigenvalue weighted by Gasteiger charge is 2.32. The van der Waals surface area contributed by atoms with Crippen LogP contribution in [-0.4, -0.2) is 22.1 Å². The van der Waals surface area contributed by atoms with E-state index in [1.807, 2.05) is 0 Å². The van der Waals surface area contributed by atoms with Crippen LogP contribution in [0.25, 0.3) is 0 Å². The monoisotopic (exact) mass is 282 g/mol. The van der Waals surface area contributed by atoms with Gasteiger partial charge >= 0.3 is 5.97 Å². The number of aromatic carboxylic acids is 1. The van der Waals surface area contributed by atoms with Gasteiger partial charge in [0.2, 0.25) is 0 Å². The summed E-state index contributed by atoms with van der Waals surface area (Å²) in [7, 11) is 0. The number of pyridine rings is 1. The lowest BCUT2D eigenvalue weighted by Gasteiger charge is -2.22. The average Bonchev–Trinajstić information content (AvgIpc) is 2.70. The van der Waals surface area contributed by atoms with Gasteiger partial charge in [0.15, 0.2) is 0 Å². The molecule has 4 nitrogen and oxygen atoms in total. The fraction of sp³-hybridized carbons (Fsp3) is 0.571. The topological polar surface area (TPSA) is 62.2 Å². The van der Waals surface area contributed by atoms with E-state index in [0.717, 1.165) is 12.8 Å². The number of hydrogen-bond acceptors (Lipinski definition) is 3. The highest BCUT2D eigenvalue weighted by molar-refractivity contribution is 6.29. The zero-order valence-corrected chi connectivity index (χ0v) is 11.9. The number of hydrogen-bond donors (Lipinski definition) is 2. The van der Waals surface area contributed by atoms with Crippen molar-refractivity contribution in [2.75, 3.05) is 5.32 Å². The fourth-order valence-electron chi connectivity index (χ4n) is 2.92. The number of nitrogens with one attached hydrogen (secondary N) is 1. The van der Waals surface area contributed by atoms with E-state index in [1.54, 1.807) is 0 Å². The Labute approximate surface area is 118 Å². The Bertz CT molecular complexity index is 479. The molecular weight excluding hydrogens is 264 g/mol. The summed E-state index contributed by atoms with van der Waals surface area (Å²) in [6.45, 7) is 4.41. The number of rotatable bonds is 4. The molecule has 19 heavy (non-hydrogen) atoms. The van der Waals surface area contributed by atoms with Gasteiger partial charge in [-0.1, -0.05) is 31.9 Å². The van der Waals surface area contributed by atoms with Crippen molar-refractivity contribution >= 4 is 23.4 Å². The van der Waals surface area contributed by atoms with Crippen LogP contribution in [0.5, 0.6) is 0 Å². The fourth-order valence-corrected chi connectivity index (χ4v) is 3.07. The van der Waals surface area contributed by atoms with Gasteiger partial charge in [-0.2, -0.15) is 0 Å². The maximum atomic E-state index is 11.2. The van der Waals surface area contributed by atoms with Gasteiger partial charge in [0.1, 0.15) is 16.5 Å². The third-order valence-electron chi connectivity index (χ3n) is 4.16. The molecule has 1 fully saturated rings. The second kappa shape index (κ2) is 5.78. The van der Waals surface area contributed by atoms with Gasteiger partial charge < -0.3 is 10.4 Å². The number of carboxylic acid groups (broad SMARTS) is 1. The van der Waals surface area contributed by atoms with E-state index in [0.29, 0.717) is 22.8 Å². The summed E-state index contributed by atoms with van der Waals surface area (Å²) in [4.78, 5) is 15.3. The van der Waals surface area contributed by atoms with Crippen LogP contribution in [0.4, 0.5) is 5.82 Å². The number of anilines is 1. The molecule has 0 aliphatic heterocycles. The Hall–Kier alpha value is -1.29. The Balaban J connectivity index is 2.19. The molecule has 1 saturated carbocycles. The van der Waals surface area contributed by atoms with Crippen LogP contribution < -0.4 is 5.32 Å². The molecule has 0 radical (unpaired) electrons. The first-order valence-corrected chi connectivity index (χ1v) is 7.07. The first-order chi connectivity index (χ1) is 9.02. The summed E-state index contributed by atoms with van der Waals surface area (Å²) >= 11 is 5.86. The summed E-state index contributed by atoms with van der Waals surface area (Å²) in [6, 6.07) is 3.27. The van der Waals surface area contributed by atoms with E-state index in [-0.39, 0.29) is 11.6 Å². The highest BCUT2D eigenvalue weighted by Crippen LogP contribution is 2.36. The minimum Gasteiger partial charge on any atom is -0.478 e. The van der Waals surface area contributed by atoms with Crippen molar-refractivity contribution in [1.29, 1.82) is 0 Å². The molecule has 1 aliphatic rings. The lowest BCUT2D eigenvalue weighted by molar-refractivity contribution is 0.0697. The van der Waals surface area contributed by atoms with Gasteiger partial charge in [0.05, 0.1) is 0 Å². The van der Waals surface area contributed by atoms with Crippen LogP contribution in [0, 0.1) is 11.8 Å². The molecule has 5 heteroatoms. The van der Waals surface area contributed by atoms with Crippen molar-refractivity contribution in [2.45, 2.75) is 39.2 Å². The number of aromatic nitrogens is 1. The van der Waals surface area contributed by atoms with Crippen LogP contribution in [0.3, 0.4) is 0 Å². The summed E-state index contributed by atoms with van der Waals surface area (Å²) in [5, 5.41) is 12.8. The molecule has 0 bridgehead atoms. The second-order valence-corrected chi connectivity index (χ2v) is 5.58. The number of carbonyl (C=O) groups is 1. The van der Waals surface area contributed by atoms with Crippen molar-refractivity contribution < 1.29 is 9.90 Å². The second-order valence-electron chi connectivity index (χ2n) is 5.19. The van der Waals surface area contributed by atoms with E-state index in [9.17, 15) is 9.90 Å². The summed E-state index contributed by atoms with van der Waals surface area (Å²) < 4.78 is 0. The van der Waals surface area contributed by atoms with Crippen molar-refractivity contribution in [2.24, 2.45) is 11.8 Å². The van der Waals surface area contributed by atoms with E-state index in [1.165, 1.54) is 18.6 Å². The van der Waals surface area contributed by atoms with Gasteiger partial charge in [0.25, 0.3) is 0 Å². The molecule has 0 saturated heterocycles. The van der Waals surface area contributed by atoms with Crippen molar-refractivity contribution in [3.63, 3.8) is 0 Å². The summed E-state index contributed by atoms with van der Waals surface area (Å²) in [6.07, 6.45) is 3.39. The maximum Gasteiger partial charge on any atom is 0.339 e. The molecule has 0 spiro atoms. The van der Waals surface area contributed by atoms with Crippen LogP contribution >= 0.6 is 11.6 Å².